The van der Waals surface area contributed by atoms with Crippen LogP contribution in [0.4, 0.5) is 5.69 Å². The molecule has 0 radical (unpaired) electrons. The van der Waals surface area contributed by atoms with Crippen molar-refractivity contribution in [2.24, 2.45) is 10.8 Å². The number of halogens is 2. The Balaban J connectivity index is 2.74. The van der Waals surface area contributed by atoms with Crippen molar-refractivity contribution < 1.29 is 0 Å². The highest BCUT2D eigenvalue weighted by molar-refractivity contribution is 9.10. The molecule has 1 aromatic rings. The summed E-state index contributed by atoms with van der Waals surface area (Å²) >= 11 is 9.24. The Morgan fingerprint density at radius 1 is 1.56 bits per heavy atom. The van der Waals surface area contributed by atoms with Gasteiger partial charge in [-0.1, -0.05) is 18.5 Å². The summed E-state index contributed by atoms with van der Waals surface area (Å²) in [6.45, 7) is 2.78. The van der Waals surface area contributed by atoms with Gasteiger partial charge in [0, 0.05) is 16.7 Å². The molecule has 16 heavy (non-hydrogen) atoms. The maximum atomic E-state index is 5.89. The van der Waals surface area contributed by atoms with Crippen molar-refractivity contribution in [1.29, 1.82) is 0 Å². The van der Waals surface area contributed by atoms with Crippen LogP contribution in [0.1, 0.15) is 13.3 Å². The lowest BCUT2D eigenvalue weighted by Crippen LogP contribution is -2.36. The minimum atomic E-state index is 0.538. The number of aliphatic imine (C=N–C) groups is 1. The van der Waals surface area contributed by atoms with E-state index in [1.165, 1.54) is 0 Å². The molecule has 0 aliphatic rings. The number of anilines is 1. The summed E-state index contributed by atoms with van der Waals surface area (Å²) in [7, 11) is 0. The summed E-state index contributed by atoms with van der Waals surface area (Å²) in [6, 6.07) is 5.51. The van der Waals surface area contributed by atoms with Crippen molar-refractivity contribution in [3.63, 3.8) is 0 Å². The van der Waals surface area contributed by atoms with E-state index in [0.717, 1.165) is 23.1 Å². The van der Waals surface area contributed by atoms with E-state index in [2.05, 4.69) is 38.6 Å². The molecule has 1 aromatic carbocycles. The van der Waals surface area contributed by atoms with Crippen LogP contribution >= 0.6 is 27.5 Å². The molecule has 0 aromatic heterocycles. The normalized spacial score (nSPS) is 11.4. The number of hydrazine groups is 1. The predicted molar refractivity (Wildman–Crippen MR) is 72.7 cm³/mol. The molecule has 0 fully saturated rings. The van der Waals surface area contributed by atoms with Gasteiger partial charge in [-0.15, -0.1) is 0 Å². The average Bonchev–Trinajstić information content (AvgIpc) is 2.29. The van der Waals surface area contributed by atoms with Crippen LogP contribution in [0.5, 0.6) is 0 Å². The first-order valence-corrected chi connectivity index (χ1v) is 6.07. The molecule has 4 nitrogen and oxygen atoms in total. The third-order valence-corrected chi connectivity index (χ3v) is 3.03. The van der Waals surface area contributed by atoms with Crippen molar-refractivity contribution in [2.75, 3.05) is 11.9 Å². The quantitative estimate of drug-likeness (QED) is 0.348. The molecule has 0 saturated carbocycles. The molecule has 0 saturated heterocycles. The molecule has 0 unspecified atom stereocenters. The molecule has 88 valence electrons. The van der Waals surface area contributed by atoms with Crippen LogP contribution in [0, 0.1) is 0 Å². The van der Waals surface area contributed by atoms with E-state index in [1.54, 1.807) is 6.07 Å². The highest BCUT2D eigenvalue weighted by Crippen LogP contribution is 2.25. The summed E-state index contributed by atoms with van der Waals surface area (Å²) in [5, 5.41) is 3.72. The largest absolute Gasteiger partial charge is 0.325 e. The lowest BCUT2D eigenvalue weighted by atomic mass is 10.3. The summed E-state index contributed by atoms with van der Waals surface area (Å²) in [5.74, 6) is 5.89. The van der Waals surface area contributed by atoms with Crippen LogP contribution in [0.3, 0.4) is 0 Å². The number of nitrogens with zero attached hydrogens (tertiary/aromatic N) is 1. The van der Waals surface area contributed by atoms with Crippen LogP contribution in [0.2, 0.25) is 5.02 Å². The zero-order chi connectivity index (χ0) is 12.0. The van der Waals surface area contributed by atoms with E-state index in [-0.39, 0.29) is 0 Å². The fraction of sp³-hybridized carbons (Fsp3) is 0.300. The smallest absolute Gasteiger partial charge is 0.210 e. The molecule has 4 N–H and O–H groups in total. The Labute approximate surface area is 108 Å². The van der Waals surface area contributed by atoms with Gasteiger partial charge in [-0.25, -0.2) is 5.84 Å². The summed E-state index contributed by atoms with van der Waals surface area (Å²) in [4.78, 5) is 4.23. The molecule has 0 aliphatic carbocycles. The van der Waals surface area contributed by atoms with Gasteiger partial charge < -0.3 is 5.32 Å². The van der Waals surface area contributed by atoms with Gasteiger partial charge in [0.15, 0.2) is 0 Å². The maximum absolute atomic E-state index is 5.89. The Hall–Kier alpha value is -0.780. The molecule has 0 atom stereocenters. The Bertz CT molecular complexity index is 381. The number of guanidine groups is 1. The van der Waals surface area contributed by atoms with Gasteiger partial charge >= 0.3 is 0 Å². The minimum absolute atomic E-state index is 0.538. The topological polar surface area (TPSA) is 62.4 Å². The van der Waals surface area contributed by atoms with Crippen LogP contribution in [0.15, 0.2) is 27.7 Å². The standard InChI is InChI=1S/C10H14BrClN4/c1-2-5-14-10(16-13)15-7-3-4-9(12)8(11)6-7/h3-4,6H,2,5,13H2,1H3,(H2,14,15,16). The molecule has 0 amide bonds. The van der Waals surface area contributed by atoms with Crippen LogP contribution < -0.4 is 16.6 Å². The number of benzene rings is 1. The van der Waals surface area contributed by atoms with Gasteiger partial charge in [-0.3, -0.25) is 10.4 Å². The predicted octanol–water partition coefficient (Wildman–Crippen LogP) is 2.74. The SMILES string of the molecule is CCCN=C(NN)Nc1ccc(Cl)c(Br)c1. The molecule has 0 spiro atoms. The van der Waals surface area contributed by atoms with Gasteiger partial charge in [0.2, 0.25) is 5.96 Å². The van der Waals surface area contributed by atoms with Crippen molar-refractivity contribution in [3.05, 3.63) is 27.7 Å². The number of nitrogens with one attached hydrogen (secondary N) is 2. The summed E-state index contributed by atoms with van der Waals surface area (Å²) < 4.78 is 0.825. The van der Waals surface area contributed by atoms with Crippen molar-refractivity contribution in [1.82, 2.24) is 5.43 Å². The fourth-order valence-corrected chi connectivity index (χ4v) is 1.55. The molecule has 0 bridgehead atoms. The van der Waals surface area contributed by atoms with E-state index in [4.69, 9.17) is 17.4 Å². The number of nitrogens with two attached hydrogens (primary N) is 1. The van der Waals surface area contributed by atoms with E-state index < -0.39 is 0 Å². The first-order valence-electron chi connectivity index (χ1n) is 4.90. The zero-order valence-electron chi connectivity index (χ0n) is 8.93. The second kappa shape index (κ2) is 6.73. The molecule has 0 heterocycles. The Kier molecular flexibility index (Phi) is 5.59. The van der Waals surface area contributed by atoms with E-state index >= 15 is 0 Å². The highest BCUT2D eigenvalue weighted by Gasteiger charge is 2.01. The van der Waals surface area contributed by atoms with Gasteiger partial charge in [0.25, 0.3) is 0 Å². The number of hydrogen-bond donors (Lipinski definition) is 3. The molecule has 0 aliphatic heterocycles. The molecular formula is C10H14BrClN4. The van der Waals surface area contributed by atoms with E-state index in [9.17, 15) is 0 Å². The van der Waals surface area contributed by atoms with E-state index in [1.807, 2.05) is 12.1 Å². The average molecular weight is 306 g/mol. The van der Waals surface area contributed by atoms with Gasteiger partial charge in [0.05, 0.1) is 5.02 Å². The second-order valence-corrected chi connectivity index (χ2v) is 4.39. The second-order valence-electron chi connectivity index (χ2n) is 3.13. The molecular weight excluding hydrogens is 291 g/mol. The van der Waals surface area contributed by atoms with Crippen molar-refractivity contribution >= 4 is 39.2 Å². The van der Waals surface area contributed by atoms with Crippen molar-refractivity contribution in [3.8, 4) is 0 Å². The lowest BCUT2D eigenvalue weighted by molar-refractivity contribution is 0.905. The van der Waals surface area contributed by atoms with Gasteiger partial charge in [-0.05, 0) is 40.5 Å². The summed E-state index contributed by atoms with van der Waals surface area (Å²) in [5.41, 5.74) is 3.37. The van der Waals surface area contributed by atoms with Crippen LogP contribution in [-0.2, 0) is 0 Å². The Morgan fingerprint density at radius 3 is 2.88 bits per heavy atom. The lowest BCUT2D eigenvalue weighted by Gasteiger charge is -2.09. The summed E-state index contributed by atoms with van der Waals surface area (Å²) in [6.07, 6.45) is 0.969. The first kappa shape index (κ1) is 13.3. The van der Waals surface area contributed by atoms with Crippen LogP contribution in [0.25, 0.3) is 0 Å². The Morgan fingerprint density at radius 2 is 2.31 bits per heavy atom. The van der Waals surface area contributed by atoms with E-state index in [0.29, 0.717) is 11.0 Å². The fourth-order valence-electron chi connectivity index (χ4n) is 1.06. The first-order chi connectivity index (χ1) is 7.67. The number of hydrogen-bond acceptors (Lipinski definition) is 2. The minimum Gasteiger partial charge on any atom is -0.325 e. The third kappa shape index (κ3) is 4.00. The van der Waals surface area contributed by atoms with Gasteiger partial charge in [-0.2, -0.15) is 0 Å². The van der Waals surface area contributed by atoms with Gasteiger partial charge in [0.1, 0.15) is 0 Å². The monoisotopic (exact) mass is 304 g/mol. The van der Waals surface area contributed by atoms with Crippen LogP contribution in [-0.4, -0.2) is 12.5 Å². The van der Waals surface area contributed by atoms with Crippen molar-refractivity contribution in [2.45, 2.75) is 13.3 Å². The third-order valence-electron chi connectivity index (χ3n) is 1.81. The maximum Gasteiger partial charge on any atom is 0.210 e. The zero-order valence-corrected chi connectivity index (χ0v) is 11.3. The molecule has 1 rings (SSSR count). The highest BCUT2D eigenvalue weighted by atomic mass is 79.9. The molecule has 6 heteroatoms. The number of rotatable bonds is 3.